The van der Waals surface area contributed by atoms with E-state index in [0.717, 1.165) is 51.4 Å². The molecule has 0 bridgehead atoms. The average Bonchev–Trinajstić information content (AvgIpc) is 3.20. The van der Waals surface area contributed by atoms with Gasteiger partial charge in [-0.15, -0.1) is 0 Å². The van der Waals surface area contributed by atoms with E-state index in [0.29, 0.717) is 13.0 Å². The molecule has 0 saturated heterocycles. The van der Waals surface area contributed by atoms with Crippen molar-refractivity contribution in [1.29, 1.82) is 0 Å². The van der Waals surface area contributed by atoms with Crippen LogP contribution in [-0.4, -0.2) is 60.5 Å². The standard InChI is InChI=1S/C47H90NO9P/c1-3-5-7-9-11-13-15-17-19-20-21-22-23-24-25-26-28-30-32-34-36-38-40-54-41-44(42-55-58(52,53)56-43-45(48)47(50)51)57-46(49)39-37-35-33-31-29-27-18-16-14-12-10-8-6-4-2/h16,18,20-21,44-45H,3-15,17,19,22-43,48H2,1-2H3,(H,50,51)(H,52,53)/b18-16-,21-20-. The highest BCUT2D eigenvalue weighted by Crippen LogP contribution is 2.43. The molecule has 0 spiro atoms. The Morgan fingerprint density at radius 2 is 0.897 bits per heavy atom. The summed E-state index contributed by atoms with van der Waals surface area (Å²) < 4.78 is 33.4. The normalized spacial score (nSPS) is 14.0. The Balaban J connectivity index is 4.13. The number of aliphatic carboxylic acids is 1. The van der Waals surface area contributed by atoms with Crippen molar-refractivity contribution in [1.82, 2.24) is 0 Å². The van der Waals surface area contributed by atoms with E-state index in [9.17, 15) is 19.0 Å². The number of unbranched alkanes of at least 4 members (excludes halogenated alkanes) is 28. The quantitative estimate of drug-likeness (QED) is 0.0233. The molecule has 3 unspecified atom stereocenters. The first-order valence-corrected chi connectivity index (χ1v) is 25.4. The lowest BCUT2D eigenvalue weighted by Crippen LogP contribution is -2.34. The first-order valence-electron chi connectivity index (χ1n) is 23.9. The number of rotatable bonds is 46. The minimum atomic E-state index is -4.62. The number of hydrogen-bond donors (Lipinski definition) is 3. The van der Waals surface area contributed by atoms with Crippen LogP contribution in [0.5, 0.6) is 0 Å². The summed E-state index contributed by atoms with van der Waals surface area (Å²) in [6.07, 6.45) is 48.1. The molecule has 0 rings (SSSR count). The summed E-state index contributed by atoms with van der Waals surface area (Å²) in [5, 5.41) is 8.91. The maximum Gasteiger partial charge on any atom is 0.472 e. The molecule has 58 heavy (non-hydrogen) atoms. The Kier molecular flexibility index (Phi) is 42.4. The molecular weight excluding hydrogens is 753 g/mol. The van der Waals surface area contributed by atoms with Gasteiger partial charge < -0.3 is 25.2 Å². The number of carboxylic acids is 1. The summed E-state index contributed by atoms with van der Waals surface area (Å²) in [5.74, 6) is -1.78. The van der Waals surface area contributed by atoms with Gasteiger partial charge in [-0.3, -0.25) is 18.6 Å². The van der Waals surface area contributed by atoms with Crippen molar-refractivity contribution in [2.24, 2.45) is 5.73 Å². The van der Waals surface area contributed by atoms with Crippen LogP contribution in [0.1, 0.15) is 226 Å². The van der Waals surface area contributed by atoms with Crippen LogP contribution in [0, 0.1) is 0 Å². The number of phosphoric acid groups is 1. The predicted octanol–water partition coefficient (Wildman–Crippen LogP) is 13.5. The second-order valence-electron chi connectivity index (χ2n) is 16.2. The monoisotopic (exact) mass is 844 g/mol. The van der Waals surface area contributed by atoms with E-state index in [2.05, 4.69) is 38.2 Å². The number of esters is 1. The molecule has 0 aliphatic carbocycles. The molecule has 0 aromatic rings. The van der Waals surface area contributed by atoms with Gasteiger partial charge in [-0.05, 0) is 64.2 Å². The SMILES string of the molecule is CCCCCCC/C=C\CCCCCCCC(=O)OC(COCCCCCCCCCCCC/C=C\CCCCCCCCCC)COP(=O)(O)OCC(N)C(=O)O. The van der Waals surface area contributed by atoms with Crippen LogP contribution in [0.15, 0.2) is 24.3 Å². The highest BCUT2D eigenvalue weighted by atomic mass is 31.2. The third-order valence-corrected chi connectivity index (χ3v) is 11.4. The van der Waals surface area contributed by atoms with E-state index in [-0.39, 0.29) is 13.0 Å². The Bertz CT molecular complexity index is 1020. The molecule has 10 nitrogen and oxygen atoms in total. The van der Waals surface area contributed by atoms with E-state index in [1.165, 1.54) is 148 Å². The molecule has 11 heteroatoms. The van der Waals surface area contributed by atoms with Crippen LogP contribution in [0.3, 0.4) is 0 Å². The molecule has 0 fully saturated rings. The predicted molar refractivity (Wildman–Crippen MR) is 240 cm³/mol. The molecular formula is C47H90NO9P. The van der Waals surface area contributed by atoms with Crippen LogP contribution in [0.4, 0.5) is 0 Å². The molecule has 0 aromatic carbocycles. The van der Waals surface area contributed by atoms with Gasteiger partial charge in [-0.25, -0.2) is 4.57 Å². The molecule has 0 heterocycles. The molecule has 0 radical (unpaired) electrons. The maximum atomic E-state index is 12.6. The van der Waals surface area contributed by atoms with Crippen LogP contribution in [0.2, 0.25) is 0 Å². The van der Waals surface area contributed by atoms with Crippen molar-refractivity contribution < 1.29 is 42.7 Å². The number of allylic oxidation sites excluding steroid dienone is 4. The van der Waals surface area contributed by atoms with Crippen LogP contribution in [-0.2, 0) is 32.7 Å². The van der Waals surface area contributed by atoms with Gasteiger partial charge in [-0.2, -0.15) is 0 Å². The second kappa shape index (κ2) is 43.5. The van der Waals surface area contributed by atoms with Crippen LogP contribution >= 0.6 is 7.82 Å². The topological polar surface area (TPSA) is 155 Å². The first-order chi connectivity index (χ1) is 28.2. The van der Waals surface area contributed by atoms with Crippen LogP contribution in [0.25, 0.3) is 0 Å². The van der Waals surface area contributed by atoms with E-state index >= 15 is 0 Å². The van der Waals surface area contributed by atoms with Gasteiger partial charge >= 0.3 is 19.8 Å². The Hall–Kier alpha value is -1.55. The van der Waals surface area contributed by atoms with E-state index in [1.807, 2.05) is 0 Å². The third kappa shape index (κ3) is 42.6. The molecule has 0 aromatic heterocycles. The Labute approximate surface area is 355 Å². The fourth-order valence-electron chi connectivity index (χ4n) is 6.71. The maximum absolute atomic E-state index is 12.6. The van der Waals surface area contributed by atoms with Gasteiger partial charge in [-0.1, -0.05) is 179 Å². The fraction of sp³-hybridized carbons (Fsp3) is 0.872. The molecule has 3 atom stereocenters. The lowest BCUT2D eigenvalue weighted by molar-refractivity contribution is -0.154. The summed E-state index contributed by atoms with van der Waals surface area (Å²) >= 11 is 0. The molecule has 0 amide bonds. The summed E-state index contributed by atoms with van der Waals surface area (Å²) in [5.41, 5.74) is 5.36. The zero-order chi connectivity index (χ0) is 42.6. The van der Waals surface area contributed by atoms with Crippen molar-refractivity contribution in [3.8, 4) is 0 Å². The zero-order valence-corrected chi connectivity index (χ0v) is 38.3. The minimum absolute atomic E-state index is 0.0156. The number of carboxylic acid groups (broad SMARTS) is 1. The first kappa shape index (κ1) is 56.5. The Morgan fingerprint density at radius 3 is 1.31 bits per heavy atom. The van der Waals surface area contributed by atoms with Crippen LogP contribution < -0.4 is 5.73 Å². The van der Waals surface area contributed by atoms with Crippen molar-refractivity contribution in [2.45, 2.75) is 238 Å². The number of nitrogens with two attached hydrogens (primary N) is 1. The smallest absolute Gasteiger partial charge is 0.472 e. The number of ether oxygens (including phenoxy) is 2. The van der Waals surface area contributed by atoms with Gasteiger partial charge in [0.1, 0.15) is 12.1 Å². The number of carbonyl (C=O) groups is 2. The van der Waals surface area contributed by atoms with Gasteiger partial charge in [0.25, 0.3) is 0 Å². The minimum Gasteiger partial charge on any atom is -0.480 e. The number of phosphoric ester groups is 1. The van der Waals surface area contributed by atoms with Gasteiger partial charge in [0.15, 0.2) is 0 Å². The van der Waals surface area contributed by atoms with Crippen molar-refractivity contribution in [3.63, 3.8) is 0 Å². The molecule has 342 valence electrons. The van der Waals surface area contributed by atoms with E-state index < -0.39 is 45.1 Å². The van der Waals surface area contributed by atoms with Gasteiger partial charge in [0, 0.05) is 13.0 Å². The summed E-state index contributed by atoms with van der Waals surface area (Å²) in [6.45, 7) is 3.89. The molecule has 0 aliphatic heterocycles. The third-order valence-electron chi connectivity index (χ3n) is 10.5. The zero-order valence-electron chi connectivity index (χ0n) is 37.4. The van der Waals surface area contributed by atoms with Gasteiger partial charge in [0.05, 0.1) is 19.8 Å². The number of hydrogen-bond acceptors (Lipinski definition) is 8. The summed E-state index contributed by atoms with van der Waals surface area (Å²) in [7, 11) is -4.62. The highest BCUT2D eigenvalue weighted by Gasteiger charge is 2.27. The van der Waals surface area contributed by atoms with E-state index in [4.69, 9.17) is 29.4 Å². The van der Waals surface area contributed by atoms with Crippen molar-refractivity contribution in [3.05, 3.63) is 24.3 Å². The van der Waals surface area contributed by atoms with E-state index in [1.54, 1.807) is 0 Å². The number of carbonyl (C=O) groups excluding carboxylic acids is 1. The lowest BCUT2D eigenvalue weighted by atomic mass is 10.1. The highest BCUT2D eigenvalue weighted by molar-refractivity contribution is 7.47. The summed E-state index contributed by atoms with van der Waals surface area (Å²) in [4.78, 5) is 33.6. The largest absolute Gasteiger partial charge is 0.480 e. The summed E-state index contributed by atoms with van der Waals surface area (Å²) in [6, 6.07) is -1.47. The average molecular weight is 844 g/mol. The molecule has 0 saturated carbocycles. The van der Waals surface area contributed by atoms with Gasteiger partial charge in [0.2, 0.25) is 0 Å². The lowest BCUT2D eigenvalue weighted by Gasteiger charge is -2.20. The fourth-order valence-corrected chi connectivity index (χ4v) is 7.49. The Morgan fingerprint density at radius 1 is 0.534 bits per heavy atom. The molecule has 4 N–H and O–H groups in total. The van der Waals surface area contributed by atoms with Crippen molar-refractivity contribution >= 4 is 19.8 Å². The van der Waals surface area contributed by atoms with Crippen molar-refractivity contribution in [2.75, 3.05) is 26.4 Å². The second-order valence-corrected chi connectivity index (χ2v) is 17.7. The molecule has 0 aliphatic rings.